The number of hydrogen-bond acceptors (Lipinski definition) is 3. The zero-order chi connectivity index (χ0) is 10.5. The first-order valence-corrected chi connectivity index (χ1v) is 5.22. The molecule has 2 rings (SSSR count). The standard InChI is InChI=1S/C12H14O3/c13-12(9-14-10-7-4-8-10)15-11-5-2-1-3-6-11/h1-3,5-6,10H,4,7-9H2. The molecule has 3 nitrogen and oxygen atoms in total. The van der Waals surface area contributed by atoms with Gasteiger partial charge in [-0.05, 0) is 31.4 Å². The minimum atomic E-state index is -0.326. The van der Waals surface area contributed by atoms with E-state index in [-0.39, 0.29) is 18.7 Å². The molecule has 1 aliphatic carbocycles. The summed E-state index contributed by atoms with van der Waals surface area (Å²) >= 11 is 0. The van der Waals surface area contributed by atoms with Crippen LogP contribution in [0.3, 0.4) is 0 Å². The Bertz CT molecular complexity index is 317. The van der Waals surface area contributed by atoms with Gasteiger partial charge in [0.05, 0.1) is 6.10 Å². The van der Waals surface area contributed by atoms with E-state index in [0.29, 0.717) is 5.75 Å². The average molecular weight is 206 g/mol. The Kier molecular flexibility index (Phi) is 3.35. The molecule has 0 atom stereocenters. The number of carbonyl (C=O) groups excluding carboxylic acids is 1. The molecule has 1 aliphatic rings. The fourth-order valence-electron chi connectivity index (χ4n) is 1.37. The quantitative estimate of drug-likeness (QED) is 0.559. The predicted octanol–water partition coefficient (Wildman–Crippen LogP) is 2.16. The third-order valence-corrected chi connectivity index (χ3v) is 2.46. The highest BCUT2D eigenvalue weighted by Gasteiger charge is 2.19. The summed E-state index contributed by atoms with van der Waals surface area (Å²) in [4.78, 5) is 11.3. The van der Waals surface area contributed by atoms with Crippen LogP contribution in [0.4, 0.5) is 0 Å². The van der Waals surface area contributed by atoms with Crippen molar-refractivity contribution >= 4 is 5.97 Å². The van der Waals surface area contributed by atoms with Gasteiger partial charge in [0.1, 0.15) is 12.4 Å². The second kappa shape index (κ2) is 4.94. The third kappa shape index (κ3) is 3.06. The topological polar surface area (TPSA) is 35.5 Å². The highest BCUT2D eigenvalue weighted by Crippen LogP contribution is 2.21. The van der Waals surface area contributed by atoms with Gasteiger partial charge in [0.2, 0.25) is 0 Å². The highest BCUT2D eigenvalue weighted by atomic mass is 16.6. The van der Waals surface area contributed by atoms with E-state index >= 15 is 0 Å². The van der Waals surface area contributed by atoms with Crippen LogP contribution in [0.25, 0.3) is 0 Å². The van der Waals surface area contributed by atoms with Gasteiger partial charge in [-0.3, -0.25) is 0 Å². The van der Waals surface area contributed by atoms with Gasteiger partial charge < -0.3 is 9.47 Å². The van der Waals surface area contributed by atoms with E-state index in [2.05, 4.69) is 0 Å². The van der Waals surface area contributed by atoms with E-state index in [1.54, 1.807) is 12.1 Å². The summed E-state index contributed by atoms with van der Waals surface area (Å²) in [6.45, 7) is 0.0551. The van der Waals surface area contributed by atoms with Crippen LogP contribution in [-0.2, 0) is 9.53 Å². The van der Waals surface area contributed by atoms with Crippen molar-refractivity contribution in [3.8, 4) is 5.75 Å². The van der Waals surface area contributed by atoms with Gasteiger partial charge in [-0.1, -0.05) is 18.2 Å². The molecule has 0 amide bonds. The Morgan fingerprint density at radius 2 is 2.00 bits per heavy atom. The summed E-state index contributed by atoms with van der Waals surface area (Å²) in [5.74, 6) is 0.243. The molecule has 0 spiro atoms. The molecule has 3 heteroatoms. The van der Waals surface area contributed by atoms with Crippen molar-refractivity contribution in [3.05, 3.63) is 30.3 Å². The van der Waals surface area contributed by atoms with Crippen molar-refractivity contribution in [2.45, 2.75) is 25.4 Å². The van der Waals surface area contributed by atoms with Crippen LogP contribution in [0.2, 0.25) is 0 Å². The molecule has 0 aromatic heterocycles. The van der Waals surface area contributed by atoms with Crippen molar-refractivity contribution in [1.29, 1.82) is 0 Å². The number of ether oxygens (including phenoxy) is 2. The summed E-state index contributed by atoms with van der Waals surface area (Å²) in [7, 11) is 0. The van der Waals surface area contributed by atoms with E-state index < -0.39 is 0 Å². The normalized spacial score (nSPS) is 15.7. The molecule has 0 unspecified atom stereocenters. The second-order valence-corrected chi connectivity index (χ2v) is 3.65. The summed E-state index contributed by atoms with van der Waals surface area (Å²) in [6, 6.07) is 9.04. The lowest BCUT2D eigenvalue weighted by molar-refractivity contribution is -0.143. The molecular weight excluding hydrogens is 192 g/mol. The van der Waals surface area contributed by atoms with E-state index in [4.69, 9.17) is 9.47 Å². The molecule has 0 N–H and O–H groups in total. The van der Waals surface area contributed by atoms with E-state index in [1.165, 1.54) is 6.42 Å². The molecule has 1 aromatic rings. The highest BCUT2D eigenvalue weighted by molar-refractivity contribution is 5.73. The number of hydrogen-bond donors (Lipinski definition) is 0. The van der Waals surface area contributed by atoms with E-state index in [9.17, 15) is 4.79 Å². The maximum atomic E-state index is 11.3. The molecule has 0 bridgehead atoms. The molecule has 0 heterocycles. The number of carbonyl (C=O) groups is 1. The van der Waals surface area contributed by atoms with Crippen LogP contribution in [0.15, 0.2) is 30.3 Å². The molecule has 0 radical (unpaired) electrons. The predicted molar refractivity (Wildman–Crippen MR) is 55.7 cm³/mol. The van der Waals surface area contributed by atoms with Gasteiger partial charge in [0, 0.05) is 0 Å². The fourth-order valence-corrected chi connectivity index (χ4v) is 1.37. The Hall–Kier alpha value is -1.35. The lowest BCUT2D eigenvalue weighted by Gasteiger charge is -2.24. The van der Waals surface area contributed by atoms with Crippen LogP contribution in [0, 0.1) is 0 Å². The van der Waals surface area contributed by atoms with Crippen molar-refractivity contribution in [1.82, 2.24) is 0 Å². The summed E-state index contributed by atoms with van der Waals surface area (Å²) < 4.78 is 10.4. The molecule has 1 saturated carbocycles. The minimum absolute atomic E-state index is 0.0551. The largest absolute Gasteiger partial charge is 0.425 e. The molecule has 1 aromatic carbocycles. The summed E-state index contributed by atoms with van der Waals surface area (Å²) in [5, 5.41) is 0. The minimum Gasteiger partial charge on any atom is -0.425 e. The zero-order valence-corrected chi connectivity index (χ0v) is 8.52. The lowest BCUT2D eigenvalue weighted by Crippen LogP contribution is -2.26. The first kappa shape index (κ1) is 10.2. The number of esters is 1. The number of rotatable bonds is 4. The monoisotopic (exact) mass is 206 g/mol. The number of benzene rings is 1. The molecule has 80 valence electrons. The number of para-hydroxylation sites is 1. The first-order valence-electron chi connectivity index (χ1n) is 5.22. The van der Waals surface area contributed by atoms with Gasteiger partial charge in [-0.15, -0.1) is 0 Å². The van der Waals surface area contributed by atoms with Gasteiger partial charge in [0.25, 0.3) is 0 Å². The molecule has 15 heavy (non-hydrogen) atoms. The Morgan fingerprint density at radius 1 is 1.27 bits per heavy atom. The van der Waals surface area contributed by atoms with Crippen molar-refractivity contribution in [2.75, 3.05) is 6.61 Å². The van der Waals surface area contributed by atoms with Gasteiger partial charge in [-0.2, -0.15) is 0 Å². The van der Waals surface area contributed by atoms with Gasteiger partial charge >= 0.3 is 5.97 Å². The molecule has 0 saturated heterocycles. The van der Waals surface area contributed by atoms with Crippen LogP contribution in [0.5, 0.6) is 5.75 Å². The Balaban J connectivity index is 1.72. The Labute approximate surface area is 89.0 Å². The van der Waals surface area contributed by atoms with Crippen LogP contribution >= 0.6 is 0 Å². The zero-order valence-electron chi connectivity index (χ0n) is 8.52. The Morgan fingerprint density at radius 3 is 2.60 bits per heavy atom. The SMILES string of the molecule is O=C(COC1CCC1)Oc1ccccc1. The first-order chi connectivity index (χ1) is 7.34. The van der Waals surface area contributed by atoms with Crippen molar-refractivity contribution in [2.24, 2.45) is 0 Å². The van der Waals surface area contributed by atoms with E-state index in [0.717, 1.165) is 12.8 Å². The molecule has 0 aliphatic heterocycles. The average Bonchev–Trinajstić information content (AvgIpc) is 2.17. The second-order valence-electron chi connectivity index (χ2n) is 3.65. The molecule has 1 fully saturated rings. The van der Waals surface area contributed by atoms with Crippen molar-refractivity contribution in [3.63, 3.8) is 0 Å². The van der Waals surface area contributed by atoms with Gasteiger partial charge in [-0.25, -0.2) is 4.79 Å². The maximum absolute atomic E-state index is 11.3. The summed E-state index contributed by atoms with van der Waals surface area (Å²) in [5.41, 5.74) is 0. The van der Waals surface area contributed by atoms with E-state index in [1.807, 2.05) is 18.2 Å². The third-order valence-electron chi connectivity index (χ3n) is 2.46. The molecular formula is C12H14O3. The van der Waals surface area contributed by atoms with Crippen LogP contribution < -0.4 is 4.74 Å². The lowest BCUT2D eigenvalue weighted by atomic mass is 9.96. The van der Waals surface area contributed by atoms with Crippen molar-refractivity contribution < 1.29 is 14.3 Å². The van der Waals surface area contributed by atoms with Crippen LogP contribution in [-0.4, -0.2) is 18.7 Å². The smallest absolute Gasteiger partial charge is 0.337 e. The fraction of sp³-hybridized carbons (Fsp3) is 0.417. The van der Waals surface area contributed by atoms with Crippen LogP contribution in [0.1, 0.15) is 19.3 Å². The van der Waals surface area contributed by atoms with Gasteiger partial charge in [0.15, 0.2) is 0 Å². The maximum Gasteiger partial charge on any atom is 0.337 e. The summed E-state index contributed by atoms with van der Waals surface area (Å²) in [6.07, 6.45) is 3.61.